The maximum Gasteiger partial charge on any atom is 0.307 e. The van der Waals surface area contributed by atoms with E-state index < -0.39 is 4.92 Å². The number of aromatic nitrogens is 2. The number of hydrogen-bond acceptors (Lipinski definition) is 5. The normalized spacial score (nSPS) is 17.3. The van der Waals surface area contributed by atoms with E-state index in [0.717, 1.165) is 32.1 Å². The fourth-order valence-electron chi connectivity index (χ4n) is 2.42. The van der Waals surface area contributed by atoms with Crippen molar-refractivity contribution in [2.24, 2.45) is 0 Å². The lowest BCUT2D eigenvalue weighted by Crippen LogP contribution is -2.43. The van der Waals surface area contributed by atoms with Crippen LogP contribution in [0.1, 0.15) is 19.8 Å². The second-order valence-electron chi connectivity index (χ2n) is 4.89. The Morgan fingerprint density at radius 1 is 1.67 bits per heavy atom. The van der Waals surface area contributed by atoms with Crippen molar-refractivity contribution < 1.29 is 9.72 Å². The predicted molar refractivity (Wildman–Crippen MR) is 79.4 cm³/mol. The van der Waals surface area contributed by atoms with Gasteiger partial charge < -0.3 is 10.2 Å². The average molecular weight is 318 g/mol. The zero-order valence-electron chi connectivity index (χ0n) is 11.9. The quantitative estimate of drug-likeness (QED) is 0.619. The Morgan fingerprint density at radius 2 is 2.43 bits per heavy atom. The predicted octanol–water partition coefficient (Wildman–Crippen LogP) is 0.814. The molecule has 21 heavy (non-hydrogen) atoms. The van der Waals surface area contributed by atoms with Gasteiger partial charge in [-0.25, -0.2) is 0 Å². The van der Waals surface area contributed by atoms with Gasteiger partial charge in [-0.2, -0.15) is 5.10 Å². The van der Waals surface area contributed by atoms with Gasteiger partial charge in [0.15, 0.2) is 0 Å². The summed E-state index contributed by atoms with van der Waals surface area (Å²) in [5.74, 6) is -0.0430. The number of amides is 1. The highest BCUT2D eigenvalue weighted by Crippen LogP contribution is 2.12. The van der Waals surface area contributed by atoms with Gasteiger partial charge in [0.05, 0.1) is 4.92 Å². The Morgan fingerprint density at radius 3 is 2.95 bits per heavy atom. The average Bonchev–Trinajstić information content (AvgIpc) is 3.06. The molecule has 0 saturated carbocycles. The van der Waals surface area contributed by atoms with Crippen molar-refractivity contribution in [3.8, 4) is 0 Å². The van der Waals surface area contributed by atoms with Gasteiger partial charge in [-0.3, -0.25) is 19.6 Å². The molecular weight excluding hydrogens is 298 g/mol. The molecule has 1 aliphatic rings. The molecule has 8 nitrogen and oxygen atoms in total. The summed E-state index contributed by atoms with van der Waals surface area (Å²) in [5, 5.41) is 17.7. The monoisotopic (exact) mass is 317 g/mol. The molecule has 2 heterocycles. The van der Waals surface area contributed by atoms with Crippen LogP contribution in [0.25, 0.3) is 0 Å². The molecular formula is C12H20ClN5O3. The van der Waals surface area contributed by atoms with E-state index in [1.807, 2.05) is 11.8 Å². The van der Waals surface area contributed by atoms with Crippen LogP contribution in [0.5, 0.6) is 0 Å². The van der Waals surface area contributed by atoms with E-state index in [1.165, 1.54) is 10.9 Å². The number of carbonyl (C=O) groups is 1. The van der Waals surface area contributed by atoms with Crippen molar-refractivity contribution in [1.29, 1.82) is 0 Å². The topological polar surface area (TPSA) is 93.3 Å². The summed E-state index contributed by atoms with van der Waals surface area (Å²) in [6, 6.07) is 0.216. The molecule has 1 amide bonds. The van der Waals surface area contributed by atoms with Gasteiger partial charge in [-0.1, -0.05) is 6.92 Å². The third kappa shape index (κ3) is 4.40. The fraction of sp³-hybridized carbons (Fsp3) is 0.667. The molecule has 0 aromatic carbocycles. The van der Waals surface area contributed by atoms with Crippen LogP contribution in [0.4, 0.5) is 5.69 Å². The van der Waals surface area contributed by atoms with Gasteiger partial charge >= 0.3 is 5.69 Å². The molecule has 1 aromatic heterocycles. The van der Waals surface area contributed by atoms with Gasteiger partial charge in [0, 0.05) is 19.1 Å². The zero-order chi connectivity index (χ0) is 14.5. The van der Waals surface area contributed by atoms with Gasteiger partial charge in [0.25, 0.3) is 0 Å². The molecule has 1 atom stereocenters. The standard InChI is InChI=1S/C12H19N5O3.ClH/c1-2-5-16(10-3-4-13-6-10)12(18)9-15-8-11(7-14-15)17(19)20;/h7-8,10,13H,2-6,9H2,1H3;1H. The second kappa shape index (κ2) is 7.94. The summed E-state index contributed by atoms with van der Waals surface area (Å²) in [6.07, 6.45) is 4.29. The summed E-state index contributed by atoms with van der Waals surface area (Å²) in [4.78, 5) is 24.3. The lowest BCUT2D eigenvalue weighted by atomic mass is 10.2. The number of rotatable bonds is 6. The number of nitrogens with one attached hydrogen (secondary N) is 1. The van der Waals surface area contributed by atoms with Crippen molar-refractivity contribution in [1.82, 2.24) is 20.0 Å². The van der Waals surface area contributed by atoms with E-state index >= 15 is 0 Å². The van der Waals surface area contributed by atoms with E-state index in [-0.39, 0.29) is 36.6 Å². The van der Waals surface area contributed by atoms with Crippen molar-refractivity contribution in [2.75, 3.05) is 19.6 Å². The molecule has 9 heteroatoms. The molecule has 0 aliphatic carbocycles. The van der Waals surface area contributed by atoms with Crippen molar-refractivity contribution in [2.45, 2.75) is 32.4 Å². The van der Waals surface area contributed by atoms with Crippen LogP contribution >= 0.6 is 12.4 Å². The van der Waals surface area contributed by atoms with E-state index in [4.69, 9.17) is 0 Å². The minimum atomic E-state index is -0.515. The van der Waals surface area contributed by atoms with Gasteiger partial charge in [0.2, 0.25) is 5.91 Å². The minimum absolute atomic E-state index is 0. The number of halogens is 1. The second-order valence-corrected chi connectivity index (χ2v) is 4.89. The molecule has 0 radical (unpaired) electrons. The van der Waals surface area contributed by atoms with Crippen LogP contribution in [0.3, 0.4) is 0 Å². The lowest BCUT2D eigenvalue weighted by molar-refractivity contribution is -0.385. The Kier molecular flexibility index (Phi) is 6.57. The number of hydrogen-bond donors (Lipinski definition) is 1. The highest BCUT2D eigenvalue weighted by atomic mass is 35.5. The van der Waals surface area contributed by atoms with Gasteiger partial charge in [-0.05, 0) is 19.4 Å². The molecule has 0 bridgehead atoms. The summed E-state index contributed by atoms with van der Waals surface area (Å²) in [5.41, 5.74) is -0.0950. The molecule has 0 spiro atoms. The molecule has 1 aromatic rings. The lowest BCUT2D eigenvalue weighted by Gasteiger charge is -2.28. The maximum atomic E-state index is 12.3. The smallest absolute Gasteiger partial charge is 0.307 e. The minimum Gasteiger partial charge on any atom is -0.337 e. The number of nitrogens with zero attached hydrogens (tertiary/aromatic N) is 4. The first kappa shape index (κ1) is 17.4. The fourth-order valence-corrected chi connectivity index (χ4v) is 2.42. The van der Waals surface area contributed by atoms with Crippen LogP contribution in [-0.4, -0.2) is 51.2 Å². The van der Waals surface area contributed by atoms with Crippen molar-refractivity contribution in [3.63, 3.8) is 0 Å². The van der Waals surface area contributed by atoms with E-state index in [1.54, 1.807) is 0 Å². The number of nitro groups is 1. The third-order valence-electron chi connectivity index (χ3n) is 3.39. The van der Waals surface area contributed by atoms with E-state index in [0.29, 0.717) is 6.54 Å². The van der Waals surface area contributed by atoms with Gasteiger partial charge in [-0.15, -0.1) is 12.4 Å². The molecule has 118 valence electrons. The molecule has 2 rings (SSSR count). The van der Waals surface area contributed by atoms with Crippen molar-refractivity contribution in [3.05, 3.63) is 22.5 Å². The summed E-state index contributed by atoms with van der Waals surface area (Å²) < 4.78 is 1.32. The molecule has 1 saturated heterocycles. The molecule has 1 fully saturated rings. The SMILES string of the molecule is CCCN(C(=O)Cn1cc([N+](=O)[O-])cn1)C1CCNC1.Cl. The molecule has 1 unspecified atom stereocenters. The first-order chi connectivity index (χ1) is 9.61. The first-order valence-electron chi connectivity index (χ1n) is 6.79. The maximum absolute atomic E-state index is 12.3. The Labute approximate surface area is 129 Å². The van der Waals surface area contributed by atoms with Crippen LogP contribution in [-0.2, 0) is 11.3 Å². The van der Waals surface area contributed by atoms with Crippen LogP contribution in [0.15, 0.2) is 12.4 Å². The number of carbonyl (C=O) groups excluding carboxylic acids is 1. The molecule has 1 N–H and O–H groups in total. The van der Waals surface area contributed by atoms with Crippen LogP contribution in [0.2, 0.25) is 0 Å². The highest BCUT2D eigenvalue weighted by molar-refractivity contribution is 5.85. The summed E-state index contributed by atoms with van der Waals surface area (Å²) in [7, 11) is 0. The van der Waals surface area contributed by atoms with Crippen molar-refractivity contribution >= 4 is 24.0 Å². The van der Waals surface area contributed by atoms with Crippen LogP contribution < -0.4 is 5.32 Å². The highest BCUT2D eigenvalue weighted by Gasteiger charge is 2.26. The Bertz CT molecular complexity index is 487. The van der Waals surface area contributed by atoms with Gasteiger partial charge in [0.1, 0.15) is 18.9 Å². The van der Waals surface area contributed by atoms with Crippen LogP contribution in [0, 0.1) is 10.1 Å². The zero-order valence-corrected chi connectivity index (χ0v) is 12.7. The summed E-state index contributed by atoms with van der Waals surface area (Å²) in [6.45, 7) is 4.51. The first-order valence-corrected chi connectivity index (χ1v) is 6.79. The Hall–Kier alpha value is -1.67. The summed E-state index contributed by atoms with van der Waals surface area (Å²) >= 11 is 0. The Balaban J connectivity index is 0.00000220. The molecule has 1 aliphatic heterocycles. The third-order valence-corrected chi connectivity index (χ3v) is 3.39. The largest absolute Gasteiger partial charge is 0.337 e. The van der Waals surface area contributed by atoms with E-state index in [9.17, 15) is 14.9 Å². The van der Waals surface area contributed by atoms with E-state index in [2.05, 4.69) is 10.4 Å².